The quantitative estimate of drug-likeness (QED) is 0.274. The number of carbonyl (C=O) groups is 1. The first-order chi connectivity index (χ1) is 19.8. The van der Waals surface area contributed by atoms with Crippen molar-refractivity contribution in [3.05, 3.63) is 81.7 Å². The first-order valence-electron chi connectivity index (χ1n) is 12.2. The molecule has 0 aliphatic carbocycles. The Morgan fingerprint density at radius 3 is 1.95 bits per heavy atom. The fraction of sp³-hybridized carbons (Fsp3) is 0.400. The molecular formula is C25H19F12N5O. The molecule has 2 heterocycles. The highest BCUT2D eigenvalue weighted by Crippen LogP contribution is 2.39. The van der Waals surface area contributed by atoms with Gasteiger partial charge < -0.3 is 15.2 Å². The van der Waals surface area contributed by atoms with Gasteiger partial charge in [-0.05, 0) is 41.8 Å². The summed E-state index contributed by atoms with van der Waals surface area (Å²) >= 11 is 0. The molecule has 0 unspecified atom stereocenters. The van der Waals surface area contributed by atoms with Crippen LogP contribution in [0.5, 0.6) is 0 Å². The zero-order valence-corrected chi connectivity index (χ0v) is 21.4. The van der Waals surface area contributed by atoms with Gasteiger partial charge in [-0.3, -0.25) is 4.79 Å². The summed E-state index contributed by atoms with van der Waals surface area (Å²) in [5, 5.41) is 6.52. The van der Waals surface area contributed by atoms with Crippen LogP contribution in [0.4, 0.5) is 52.7 Å². The van der Waals surface area contributed by atoms with Gasteiger partial charge in [0.05, 0.1) is 17.2 Å². The average molecular weight is 633 g/mol. The molecule has 1 amide bonds. The van der Waals surface area contributed by atoms with Gasteiger partial charge in [0.1, 0.15) is 5.82 Å². The van der Waals surface area contributed by atoms with Crippen molar-refractivity contribution in [2.24, 2.45) is 5.73 Å². The number of benzene rings is 2. The van der Waals surface area contributed by atoms with Crippen molar-refractivity contribution in [2.45, 2.75) is 56.4 Å². The lowest BCUT2D eigenvalue weighted by Gasteiger charge is -2.37. The minimum Gasteiger partial charge on any atom is -0.330 e. The third-order valence-corrected chi connectivity index (χ3v) is 6.68. The predicted octanol–water partition coefficient (Wildman–Crippen LogP) is 5.84. The topological polar surface area (TPSA) is 77.0 Å². The van der Waals surface area contributed by atoms with E-state index in [-0.39, 0.29) is 12.1 Å². The summed E-state index contributed by atoms with van der Waals surface area (Å²) in [4.78, 5) is 14.1. The number of hydrogen-bond donors (Lipinski definition) is 1. The van der Waals surface area contributed by atoms with E-state index < -0.39 is 120 Å². The Morgan fingerprint density at radius 2 is 1.40 bits per heavy atom. The van der Waals surface area contributed by atoms with Crippen molar-refractivity contribution >= 4 is 5.91 Å². The minimum absolute atomic E-state index is 0.131. The summed E-state index contributed by atoms with van der Waals surface area (Å²) in [6.45, 7) is -1.04. The number of aromatic nitrogens is 3. The van der Waals surface area contributed by atoms with Gasteiger partial charge in [-0.1, -0.05) is 0 Å². The molecule has 0 spiro atoms. The Balaban J connectivity index is 1.69. The molecule has 234 valence electrons. The largest absolute Gasteiger partial charge is 0.451 e. The van der Waals surface area contributed by atoms with Crippen molar-refractivity contribution in [1.82, 2.24) is 19.7 Å². The lowest BCUT2D eigenvalue weighted by atomic mass is 9.96. The van der Waals surface area contributed by atoms with Crippen molar-refractivity contribution < 1.29 is 57.5 Å². The molecule has 0 bridgehead atoms. The highest BCUT2D eigenvalue weighted by Gasteiger charge is 2.44. The molecule has 4 rings (SSSR count). The average Bonchev–Trinajstić information content (AvgIpc) is 3.31. The van der Waals surface area contributed by atoms with Crippen LogP contribution in [-0.4, -0.2) is 38.2 Å². The van der Waals surface area contributed by atoms with E-state index in [0.29, 0.717) is 22.8 Å². The lowest BCUT2D eigenvalue weighted by molar-refractivity contribution is -0.149. The highest BCUT2D eigenvalue weighted by molar-refractivity contribution is 5.77. The number of hydrogen-bond acceptors (Lipinski definition) is 4. The van der Waals surface area contributed by atoms with Gasteiger partial charge in [0.15, 0.2) is 17.5 Å². The molecule has 6 nitrogen and oxygen atoms in total. The van der Waals surface area contributed by atoms with Crippen LogP contribution in [0.15, 0.2) is 30.3 Å². The number of rotatable bonds is 6. The lowest BCUT2D eigenvalue weighted by Crippen LogP contribution is -2.45. The molecule has 3 aromatic rings. The van der Waals surface area contributed by atoms with Crippen molar-refractivity contribution in [3.63, 3.8) is 0 Å². The molecule has 1 aliphatic heterocycles. The molecule has 1 aliphatic rings. The second-order valence-electron chi connectivity index (χ2n) is 9.78. The molecule has 2 aromatic carbocycles. The van der Waals surface area contributed by atoms with Gasteiger partial charge in [-0.25, -0.2) is 13.2 Å². The first kappa shape index (κ1) is 32.1. The number of nitrogens with zero attached hydrogens (tertiary/aromatic N) is 4. The predicted molar refractivity (Wildman–Crippen MR) is 122 cm³/mol. The van der Waals surface area contributed by atoms with Gasteiger partial charge in [0.2, 0.25) is 11.7 Å². The van der Waals surface area contributed by atoms with E-state index in [9.17, 15) is 57.5 Å². The smallest absolute Gasteiger partial charge is 0.330 e. The fourth-order valence-corrected chi connectivity index (χ4v) is 4.77. The van der Waals surface area contributed by atoms with Crippen LogP contribution in [0.3, 0.4) is 0 Å². The number of alkyl halides is 9. The minimum atomic E-state index is -5.22. The summed E-state index contributed by atoms with van der Waals surface area (Å²) in [5.74, 6) is -7.03. The van der Waals surface area contributed by atoms with E-state index in [0.717, 1.165) is 4.90 Å². The Bertz CT molecular complexity index is 1480. The zero-order valence-electron chi connectivity index (χ0n) is 21.4. The number of fused-ring (bicyclic) bond motifs is 1. The number of halogens is 12. The Kier molecular flexibility index (Phi) is 8.47. The summed E-state index contributed by atoms with van der Waals surface area (Å²) in [6.07, 6.45) is -17.5. The fourth-order valence-electron chi connectivity index (χ4n) is 4.77. The van der Waals surface area contributed by atoms with Crippen LogP contribution >= 0.6 is 0 Å². The Morgan fingerprint density at radius 1 is 0.814 bits per heavy atom. The third kappa shape index (κ3) is 7.05. The molecule has 1 aromatic heterocycles. The van der Waals surface area contributed by atoms with Gasteiger partial charge in [0, 0.05) is 38.0 Å². The number of amides is 1. The maximum Gasteiger partial charge on any atom is 0.451 e. The second-order valence-corrected chi connectivity index (χ2v) is 9.78. The maximum atomic E-state index is 14.1. The molecule has 0 radical (unpaired) electrons. The molecule has 0 fully saturated rings. The van der Waals surface area contributed by atoms with Crippen molar-refractivity contribution in [1.29, 1.82) is 0 Å². The van der Waals surface area contributed by atoms with Gasteiger partial charge in [-0.15, -0.1) is 10.2 Å². The van der Waals surface area contributed by atoms with E-state index in [1.54, 1.807) is 0 Å². The maximum absolute atomic E-state index is 14.1. The monoisotopic (exact) mass is 633 g/mol. The van der Waals surface area contributed by atoms with Crippen LogP contribution in [0, 0.1) is 17.5 Å². The molecule has 43 heavy (non-hydrogen) atoms. The van der Waals surface area contributed by atoms with Gasteiger partial charge in [0.25, 0.3) is 0 Å². The Labute approximate surface area is 234 Å². The molecule has 2 N–H and O–H groups in total. The van der Waals surface area contributed by atoms with Gasteiger partial charge >= 0.3 is 18.5 Å². The zero-order chi connectivity index (χ0) is 32.1. The first-order valence-corrected chi connectivity index (χ1v) is 12.2. The summed E-state index contributed by atoms with van der Waals surface area (Å²) in [7, 11) is 0. The van der Waals surface area contributed by atoms with Crippen LogP contribution in [-0.2, 0) is 42.7 Å². The number of nitrogens with two attached hydrogens (primary N) is 1. The standard InChI is InChI=1S/C25H19F12N5O/c26-16-10-18(28)17(27)7-12(16)6-15(38)9-20(43)41-1-2-42-21(39-40-22(42)25(35,36)37)19(41)5-11-3-13(23(29,30)31)8-14(4-11)24(32,33)34/h3-4,7-8,10,15,19H,1-2,5-6,9,38H2/t15-,19-/m1/s1. The van der Waals surface area contributed by atoms with E-state index in [1.165, 1.54) is 0 Å². The number of carbonyl (C=O) groups excluding carboxylic acids is 1. The highest BCUT2D eigenvalue weighted by atomic mass is 19.4. The normalized spacial score (nSPS) is 16.8. The molecule has 2 atom stereocenters. The molecular weight excluding hydrogens is 614 g/mol. The Hall–Kier alpha value is -3.83. The molecule has 0 saturated heterocycles. The van der Waals surface area contributed by atoms with E-state index >= 15 is 0 Å². The second kappa shape index (κ2) is 11.3. The van der Waals surface area contributed by atoms with Crippen LogP contribution in [0.1, 0.15) is 46.4 Å². The van der Waals surface area contributed by atoms with Crippen LogP contribution in [0.25, 0.3) is 0 Å². The van der Waals surface area contributed by atoms with Crippen molar-refractivity contribution in [3.8, 4) is 0 Å². The van der Waals surface area contributed by atoms with E-state index in [2.05, 4.69) is 10.2 Å². The van der Waals surface area contributed by atoms with E-state index in [4.69, 9.17) is 5.73 Å². The summed E-state index contributed by atoms with van der Waals surface area (Å²) in [6, 6.07) is -1.50. The third-order valence-electron chi connectivity index (χ3n) is 6.68. The summed E-state index contributed by atoms with van der Waals surface area (Å²) < 4.78 is 162. The SMILES string of the molecule is N[C@@H](CC(=O)N1CCn2c(nnc2C(F)(F)F)[C@H]1Cc1cc(C(F)(F)F)cc(C(F)(F)F)c1)Cc1cc(F)c(F)cc1F. The van der Waals surface area contributed by atoms with Crippen LogP contribution < -0.4 is 5.73 Å². The summed E-state index contributed by atoms with van der Waals surface area (Å²) in [5.41, 5.74) is 1.52. The van der Waals surface area contributed by atoms with Gasteiger partial charge in [-0.2, -0.15) is 39.5 Å². The molecule has 18 heteroatoms. The van der Waals surface area contributed by atoms with Crippen LogP contribution in [0.2, 0.25) is 0 Å². The van der Waals surface area contributed by atoms with E-state index in [1.807, 2.05) is 0 Å². The molecule has 0 saturated carbocycles. The van der Waals surface area contributed by atoms with Crippen molar-refractivity contribution in [2.75, 3.05) is 6.54 Å².